The van der Waals surface area contributed by atoms with Crippen LogP contribution < -0.4 is 11.1 Å². The Bertz CT molecular complexity index is 506. The largest absolute Gasteiger partial charge is 0.399 e. The van der Waals surface area contributed by atoms with Gasteiger partial charge < -0.3 is 11.1 Å². The highest BCUT2D eigenvalue weighted by Gasteiger charge is 2.04. The first-order valence-electron chi connectivity index (χ1n) is 5.14. The summed E-state index contributed by atoms with van der Waals surface area (Å²) in [6.07, 6.45) is 0. The topological polar surface area (TPSA) is 38.0 Å². The Morgan fingerprint density at radius 1 is 1.12 bits per heavy atom. The molecule has 2 aromatic carbocycles. The van der Waals surface area contributed by atoms with Crippen LogP contribution in [0.5, 0.6) is 0 Å². The summed E-state index contributed by atoms with van der Waals surface area (Å²) in [6, 6.07) is 11.4. The number of nitrogens with two attached hydrogens (primary N) is 1. The number of nitrogens with one attached hydrogen (secondary N) is 1. The lowest BCUT2D eigenvalue weighted by molar-refractivity contribution is 1.42. The number of benzene rings is 2. The van der Waals surface area contributed by atoms with E-state index in [1.165, 1.54) is 0 Å². The molecule has 88 valence electrons. The summed E-state index contributed by atoms with van der Waals surface area (Å²) >= 11 is 9.45. The minimum atomic E-state index is 0.692. The SMILES string of the molecule is Cc1ccc(N)cc1Nc1cc(Cl)ccc1Br. The molecule has 0 radical (unpaired) electrons. The molecule has 0 aromatic heterocycles. The van der Waals surface area contributed by atoms with E-state index in [0.29, 0.717) is 5.02 Å². The summed E-state index contributed by atoms with van der Waals surface area (Å²) in [6.45, 7) is 2.03. The van der Waals surface area contributed by atoms with Crippen LogP contribution in [-0.2, 0) is 0 Å². The molecule has 0 saturated heterocycles. The van der Waals surface area contributed by atoms with Gasteiger partial charge in [0.05, 0.1) is 5.69 Å². The Labute approximate surface area is 114 Å². The number of hydrogen-bond donors (Lipinski definition) is 2. The number of halogens is 2. The second kappa shape index (κ2) is 4.98. The van der Waals surface area contributed by atoms with Crippen molar-refractivity contribution in [2.45, 2.75) is 6.92 Å². The highest BCUT2D eigenvalue weighted by molar-refractivity contribution is 9.10. The first kappa shape index (κ1) is 12.3. The van der Waals surface area contributed by atoms with Crippen molar-refractivity contribution in [2.75, 3.05) is 11.1 Å². The molecule has 4 heteroatoms. The van der Waals surface area contributed by atoms with E-state index in [1.54, 1.807) is 0 Å². The number of nitrogen functional groups attached to an aromatic ring is 1. The maximum absolute atomic E-state index is 5.97. The van der Waals surface area contributed by atoms with Crippen LogP contribution in [0.15, 0.2) is 40.9 Å². The zero-order valence-electron chi connectivity index (χ0n) is 9.30. The fourth-order valence-electron chi connectivity index (χ4n) is 1.51. The first-order chi connectivity index (χ1) is 8.06. The lowest BCUT2D eigenvalue weighted by Crippen LogP contribution is -1.96. The van der Waals surface area contributed by atoms with Crippen molar-refractivity contribution in [3.05, 3.63) is 51.5 Å². The predicted octanol–water partition coefficient (Wildman–Crippen LogP) is 4.74. The molecule has 17 heavy (non-hydrogen) atoms. The Kier molecular flexibility index (Phi) is 3.60. The Balaban J connectivity index is 2.37. The lowest BCUT2D eigenvalue weighted by Gasteiger charge is -2.12. The van der Waals surface area contributed by atoms with E-state index in [9.17, 15) is 0 Å². The summed E-state index contributed by atoms with van der Waals surface area (Å²) < 4.78 is 0.962. The molecule has 0 unspecified atom stereocenters. The summed E-state index contributed by atoms with van der Waals surface area (Å²) in [4.78, 5) is 0. The van der Waals surface area contributed by atoms with Crippen LogP contribution in [0, 0.1) is 6.92 Å². The molecule has 0 amide bonds. The molecule has 0 aliphatic heterocycles. The molecule has 0 fully saturated rings. The van der Waals surface area contributed by atoms with Gasteiger partial charge in [0.1, 0.15) is 0 Å². The number of anilines is 3. The smallest absolute Gasteiger partial charge is 0.0543 e. The zero-order valence-corrected chi connectivity index (χ0v) is 11.6. The highest BCUT2D eigenvalue weighted by atomic mass is 79.9. The molecule has 2 aromatic rings. The lowest BCUT2D eigenvalue weighted by atomic mass is 10.1. The summed E-state index contributed by atoms with van der Waals surface area (Å²) in [5.41, 5.74) is 9.54. The Morgan fingerprint density at radius 3 is 2.65 bits per heavy atom. The molecular weight excluding hydrogens is 300 g/mol. The second-order valence-corrected chi connectivity index (χ2v) is 5.11. The quantitative estimate of drug-likeness (QED) is 0.786. The van der Waals surface area contributed by atoms with Gasteiger partial charge in [-0.05, 0) is 58.7 Å². The molecule has 0 atom stereocenters. The molecule has 3 N–H and O–H groups in total. The van der Waals surface area contributed by atoms with Crippen LogP contribution in [0.3, 0.4) is 0 Å². The van der Waals surface area contributed by atoms with E-state index in [0.717, 1.165) is 27.1 Å². The van der Waals surface area contributed by atoms with E-state index >= 15 is 0 Å². The van der Waals surface area contributed by atoms with Crippen molar-refractivity contribution in [1.29, 1.82) is 0 Å². The molecule has 0 aliphatic rings. The van der Waals surface area contributed by atoms with Crippen molar-refractivity contribution >= 4 is 44.6 Å². The van der Waals surface area contributed by atoms with Gasteiger partial charge in [-0.15, -0.1) is 0 Å². The van der Waals surface area contributed by atoms with E-state index in [2.05, 4.69) is 21.2 Å². The van der Waals surface area contributed by atoms with Gasteiger partial charge in [-0.2, -0.15) is 0 Å². The number of hydrogen-bond acceptors (Lipinski definition) is 2. The molecular formula is C13H12BrClN2. The van der Waals surface area contributed by atoms with E-state index in [4.69, 9.17) is 17.3 Å². The van der Waals surface area contributed by atoms with Crippen molar-refractivity contribution in [1.82, 2.24) is 0 Å². The van der Waals surface area contributed by atoms with E-state index < -0.39 is 0 Å². The minimum Gasteiger partial charge on any atom is -0.399 e. The highest BCUT2D eigenvalue weighted by Crippen LogP contribution is 2.30. The molecule has 0 saturated carbocycles. The molecule has 0 bridgehead atoms. The van der Waals surface area contributed by atoms with Crippen LogP contribution in [0.2, 0.25) is 5.02 Å². The minimum absolute atomic E-state index is 0.692. The van der Waals surface area contributed by atoms with Crippen LogP contribution >= 0.6 is 27.5 Å². The number of rotatable bonds is 2. The average Bonchev–Trinajstić information content (AvgIpc) is 2.28. The van der Waals surface area contributed by atoms with Gasteiger partial charge in [-0.1, -0.05) is 17.7 Å². The van der Waals surface area contributed by atoms with Crippen molar-refractivity contribution in [2.24, 2.45) is 0 Å². The van der Waals surface area contributed by atoms with Gasteiger partial charge >= 0.3 is 0 Å². The Morgan fingerprint density at radius 2 is 1.88 bits per heavy atom. The third-order valence-corrected chi connectivity index (χ3v) is 3.39. The average molecular weight is 312 g/mol. The van der Waals surface area contributed by atoms with Crippen LogP contribution in [0.25, 0.3) is 0 Å². The standard InChI is InChI=1S/C13H12BrClN2/c1-8-2-4-10(16)7-12(8)17-13-6-9(15)3-5-11(13)14/h2-7,17H,16H2,1H3. The summed E-state index contributed by atoms with van der Waals surface area (Å²) in [5, 5.41) is 4.00. The molecule has 0 spiro atoms. The Hall–Kier alpha value is -1.19. The van der Waals surface area contributed by atoms with Gasteiger partial charge in [0.25, 0.3) is 0 Å². The van der Waals surface area contributed by atoms with E-state index in [-0.39, 0.29) is 0 Å². The van der Waals surface area contributed by atoms with Crippen molar-refractivity contribution in [3.63, 3.8) is 0 Å². The monoisotopic (exact) mass is 310 g/mol. The molecule has 0 heterocycles. The van der Waals surface area contributed by atoms with Crippen LogP contribution in [-0.4, -0.2) is 0 Å². The van der Waals surface area contributed by atoms with Gasteiger partial charge in [0, 0.05) is 20.9 Å². The van der Waals surface area contributed by atoms with Gasteiger partial charge in [-0.3, -0.25) is 0 Å². The van der Waals surface area contributed by atoms with Gasteiger partial charge in [0.2, 0.25) is 0 Å². The van der Waals surface area contributed by atoms with Gasteiger partial charge in [-0.25, -0.2) is 0 Å². The third-order valence-electron chi connectivity index (χ3n) is 2.46. The summed E-state index contributed by atoms with van der Waals surface area (Å²) in [5.74, 6) is 0. The fourth-order valence-corrected chi connectivity index (χ4v) is 2.03. The molecule has 0 aliphatic carbocycles. The second-order valence-electron chi connectivity index (χ2n) is 3.82. The number of aryl methyl sites for hydroxylation is 1. The van der Waals surface area contributed by atoms with Crippen molar-refractivity contribution in [3.8, 4) is 0 Å². The first-order valence-corrected chi connectivity index (χ1v) is 6.31. The van der Waals surface area contributed by atoms with Crippen molar-refractivity contribution < 1.29 is 0 Å². The van der Waals surface area contributed by atoms with Gasteiger partial charge in [0.15, 0.2) is 0 Å². The molecule has 2 rings (SSSR count). The van der Waals surface area contributed by atoms with Crippen LogP contribution in [0.1, 0.15) is 5.56 Å². The predicted molar refractivity (Wildman–Crippen MR) is 78.0 cm³/mol. The summed E-state index contributed by atoms with van der Waals surface area (Å²) in [7, 11) is 0. The van der Waals surface area contributed by atoms with E-state index in [1.807, 2.05) is 43.3 Å². The van der Waals surface area contributed by atoms with Crippen LogP contribution in [0.4, 0.5) is 17.1 Å². The maximum atomic E-state index is 5.97. The normalized spacial score (nSPS) is 10.3. The maximum Gasteiger partial charge on any atom is 0.0543 e. The molecule has 2 nitrogen and oxygen atoms in total. The fraction of sp³-hybridized carbons (Fsp3) is 0.0769. The zero-order chi connectivity index (χ0) is 12.4. The third kappa shape index (κ3) is 2.93.